The molecule has 0 spiro atoms. The fraction of sp³-hybridized carbons (Fsp3) is 0. The molecule has 2 rings (SSSR count). The van der Waals surface area contributed by atoms with Gasteiger partial charge in [0.2, 0.25) is 0 Å². The van der Waals surface area contributed by atoms with Gasteiger partial charge in [0.1, 0.15) is 5.75 Å². The standard InChI is InChI=1S/C14H8Cl2N2O2/c15-9-5-11(13(19)12(16)6-9)14(20)18-10-3-1-8(7-17)2-4-10/h1-6,19H,(H,18,20). The van der Waals surface area contributed by atoms with E-state index in [-0.39, 0.29) is 21.4 Å². The highest BCUT2D eigenvalue weighted by Crippen LogP contribution is 2.31. The number of nitrogens with one attached hydrogen (secondary N) is 1. The average Bonchev–Trinajstić information content (AvgIpc) is 2.43. The number of nitrogens with zero attached hydrogens (tertiary/aromatic N) is 1. The summed E-state index contributed by atoms with van der Waals surface area (Å²) in [6.07, 6.45) is 0. The van der Waals surface area contributed by atoms with Crippen LogP contribution >= 0.6 is 23.2 Å². The Hall–Kier alpha value is -2.22. The van der Waals surface area contributed by atoms with Gasteiger partial charge in [-0.3, -0.25) is 4.79 Å². The average molecular weight is 307 g/mol. The quantitative estimate of drug-likeness (QED) is 0.885. The fourth-order valence-electron chi connectivity index (χ4n) is 1.57. The number of hydrogen-bond acceptors (Lipinski definition) is 3. The van der Waals surface area contributed by atoms with E-state index < -0.39 is 5.91 Å². The first-order valence-electron chi connectivity index (χ1n) is 5.51. The van der Waals surface area contributed by atoms with E-state index in [2.05, 4.69) is 5.32 Å². The van der Waals surface area contributed by atoms with Crippen LogP contribution in [-0.2, 0) is 0 Å². The summed E-state index contributed by atoms with van der Waals surface area (Å²) in [4.78, 5) is 12.0. The molecule has 0 aliphatic carbocycles. The topological polar surface area (TPSA) is 73.1 Å². The van der Waals surface area contributed by atoms with Gasteiger partial charge in [-0.2, -0.15) is 5.26 Å². The minimum atomic E-state index is -0.545. The third-order valence-corrected chi connectivity index (χ3v) is 3.05. The van der Waals surface area contributed by atoms with Crippen LogP contribution in [0.25, 0.3) is 0 Å². The lowest BCUT2D eigenvalue weighted by molar-refractivity contribution is 0.102. The van der Waals surface area contributed by atoms with Crippen molar-refractivity contribution < 1.29 is 9.90 Å². The Morgan fingerprint density at radius 3 is 2.45 bits per heavy atom. The number of carbonyl (C=O) groups is 1. The van der Waals surface area contributed by atoms with Gasteiger partial charge in [0.25, 0.3) is 5.91 Å². The molecule has 0 aliphatic heterocycles. The van der Waals surface area contributed by atoms with Crippen LogP contribution in [0.15, 0.2) is 36.4 Å². The molecule has 0 radical (unpaired) electrons. The van der Waals surface area contributed by atoms with Crippen LogP contribution in [-0.4, -0.2) is 11.0 Å². The van der Waals surface area contributed by atoms with Crippen LogP contribution in [0.2, 0.25) is 10.0 Å². The maximum absolute atomic E-state index is 12.0. The summed E-state index contributed by atoms with van der Waals surface area (Å²) in [5.74, 6) is -0.876. The molecule has 0 fully saturated rings. The first-order chi connectivity index (χ1) is 9.51. The first kappa shape index (κ1) is 14.2. The van der Waals surface area contributed by atoms with Crippen LogP contribution in [0.1, 0.15) is 15.9 Å². The maximum Gasteiger partial charge on any atom is 0.259 e. The molecule has 0 heterocycles. The summed E-state index contributed by atoms with van der Waals surface area (Å²) in [7, 11) is 0. The summed E-state index contributed by atoms with van der Waals surface area (Å²) >= 11 is 11.6. The van der Waals surface area contributed by atoms with Gasteiger partial charge in [0.05, 0.1) is 22.2 Å². The summed E-state index contributed by atoms with van der Waals surface area (Å²) in [6, 6.07) is 10.9. The molecule has 2 N–H and O–H groups in total. The van der Waals surface area contributed by atoms with Gasteiger partial charge in [-0.05, 0) is 36.4 Å². The van der Waals surface area contributed by atoms with Gasteiger partial charge >= 0.3 is 0 Å². The first-order valence-corrected chi connectivity index (χ1v) is 6.26. The molecule has 0 atom stereocenters. The number of carbonyl (C=O) groups excluding carboxylic acids is 1. The van der Waals surface area contributed by atoms with Gasteiger partial charge in [-0.25, -0.2) is 0 Å². The lowest BCUT2D eigenvalue weighted by atomic mass is 10.1. The third kappa shape index (κ3) is 3.02. The molecule has 0 saturated carbocycles. The van der Waals surface area contributed by atoms with Crippen molar-refractivity contribution in [2.45, 2.75) is 0 Å². The lowest BCUT2D eigenvalue weighted by Gasteiger charge is -2.08. The van der Waals surface area contributed by atoms with E-state index in [1.54, 1.807) is 24.3 Å². The van der Waals surface area contributed by atoms with Crippen molar-refractivity contribution >= 4 is 34.8 Å². The number of benzene rings is 2. The molecule has 0 bridgehead atoms. The van der Waals surface area contributed by atoms with Crippen LogP contribution in [0, 0.1) is 11.3 Å². The van der Waals surface area contributed by atoms with Crippen molar-refractivity contribution in [3.8, 4) is 11.8 Å². The van der Waals surface area contributed by atoms with E-state index in [4.69, 9.17) is 28.5 Å². The Bertz CT molecular complexity index is 706. The Balaban J connectivity index is 2.26. The molecular weight excluding hydrogens is 299 g/mol. The van der Waals surface area contributed by atoms with Crippen molar-refractivity contribution in [2.24, 2.45) is 0 Å². The van der Waals surface area contributed by atoms with Crippen LogP contribution in [0.3, 0.4) is 0 Å². The molecule has 0 unspecified atom stereocenters. The number of halogens is 2. The highest BCUT2D eigenvalue weighted by Gasteiger charge is 2.15. The SMILES string of the molecule is N#Cc1ccc(NC(=O)c2cc(Cl)cc(Cl)c2O)cc1. The molecule has 0 aliphatic rings. The van der Waals surface area contributed by atoms with E-state index >= 15 is 0 Å². The second-order valence-corrected chi connectivity index (χ2v) is 4.77. The number of aromatic hydroxyl groups is 1. The number of rotatable bonds is 2. The Morgan fingerprint density at radius 2 is 1.85 bits per heavy atom. The van der Waals surface area contributed by atoms with Gasteiger partial charge in [0.15, 0.2) is 0 Å². The Kier molecular flexibility index (Phi) is 4.14. The maximum atomic E-state index is 12.0. The molecule has 0 saturated heterocycles. The number of phenols is 1. The smallest absolute Gasteiger partial charge is 0.259 e. The van der Waals surface area contributed by atoms with E-state index in [1.807, 2.05) is 6.07 Å². The monoisotopic (exact) mass is 306 g/mol. The zero-order chi connectivity index (χ0) is 14.7. The van der Waals surface area contributed by atoms with Crippen molar-refractivity contribution in [1.29, 1.82) is 5.26 Å². The van der Waals surface area contributed by atoms with E-state index in [9.17, 15) is 9.90 Å². The van der Waals surface area contributed by atoms with Crippen molar-refractivity contribution in [1.82, 2.24) is 0 Å². The van der Waals surface area contributed by atoms with E-state index in [0.717, 1.165) is 0 Å². The highest BCUT2D eigenvalue weighted by atomic mass is 35.5. The Labute approximate surface area is 125 Å². The van der Waals surface area contributed by atoms with Gasteiger partial charge < -0.3 is 10.4 Å². The van der Waals surface area contributed by atoms with Crippen molar-refractivity contribution in [2.75, 3.05) is 5.32 Å². The van der Waals surface area contributed by atoms with Gasteiger partial charge in [-0.15, -0.1) is 0 Å². The summed E-state index contributed by atoms with van der Waals surface area (Å²) in [5.41, 5.74) is 0.952. The second kappa shape index (κ2) is 5.83. The molecule has 20 heavy (non-hydrogen) atoms. The van der Waals surface area contributed by atoms with Crippen LogP contribution in [0.5, 0.6) is 5.75 Å². The number of hydrogen-bond donors (Lipinski definition) is 2. The largest absolute Gasteiger partial charge is 0.506 e. The third-order valence-electron chi connectivity index (χ3n) is 2.54. The lowest BCUT2D eigenvalue weighted by Crippen LogP contribution is -2.12. The molecule has 100 valence electrons. The Morgan fingerprint density at radius 1 is 1.20 bits per heavy atom. The molecule has 1 amide bonds. The summed E-state index contributed by atoms with van der Waals surface area (Å²) in [5, 5.41) is 21.3. The highest BCUT2D eigenvalue weighted by molar-refractivity contribution is 6.36. The number of phenolic OH excluding ortho intramolecular Hbond substituents is 1. The zero-order valence-electron chi connectivity index (χ0n) is 10.0. The zero-order valence-corrected chi connectivity index (χ0v) is 11.5. The second-order valence-electron chi connectivity index (χ2n) is 3.93. The van der Waals surface area contributed by atoms with Gasteiger partial charge in [0, 0.05) is 10.7 Å². The molecule has 6 heteroatoms. The minimum Gasteiger partial charge on any atom is -0.506 e. The predicted molar refractivity (Wildman–Crippen MR) is 77.2 cm³/mol. The number of anilines is 1. The van der Waals surface area contributed by atoms with Crippen LogP contribution in [0.4, 0.5) is 5.69 Å². The van der Waals surface area contributed by atoms with Crippen LogP contribution < -0.4 is 5.32 Å². The summed E-state index contributed by atoms with van der Waals surface area (Å²) in [6.45, 7) is 0. The number of amides is 1. The summed E-state index contributed by atoms with van der Waals surface area (Å²) < 4.78 is 0. The molecule has 4 nitrogen and oxygen atoms in total. The normalized spacial score (nSPS) is 9.85. The molecule has 2 aromatic rings. The predicted octanol–water partition coefficient (Wildman–Crippen LogP) is 3.82. The van der Waals surface area contributed by atoms with Gasteiger partial charge in [-0.1, -0.05) is 23.2 Å². The molecule has 2 aromatic carbocycles. The van der Waals surface area contributed by atoms with Crippen molar-refractivity contribution in [3.05, 3.63) is 57.6 Å². The minimum absolute atomic E-state index is 0.00229. The molecule has 0 aromatic heterocycles. The van der Waals surface area contributed by atoms with E-state index in [1.165, 1.54) is 12.1 Å². The fourth-order valence-corrected chi connectivity index (χ4v) is 2.06. The van der Waals surface area contributed by atoms with E-state index in [0.29, 0.717) is 11.3 Å². The number of nitriles is 1. The van der Waals surface area contributed by atoms with Crippen molar-refractivity contribution in [3.63, 3.8) is 0 Å². The molecular formula is C14H8Cl2N2O2.